The highest BCUT2D eigenvalue weighted by Crippen LogP contribution is 2.15. The van der Waals surface area contributed by atoms with Crippen LogP contribution in [0, 0.1) is 12.8 Å². The molecule has 0 atom stereocenters. The summed E-state index contributed by atoms with van der Waals surface area (Å²) in [6.07, 6.45) is 0. The quantitative estimate of drug-likeness (QED) is 0.743. The van der Waals surface area contributed by atoms with Crippen LogP contribution in [0.4, 0.5) is 5.69 Å². The lowest BCUT2D eigenvalue weighted by molar-refractivity contribution is 0.0948. The van der Waals surface area contributed by atoms with Gasteiger partial charge in [-0.3, -0.25) is 4.79 Å². The first-order valence-electron chi connectivity index (χ1n) is 5.15. The van der Waals surface area contributed by atoms with E-state index in [1.807, 2.05) is 6.92 Å². The second kappa shape index (κ2) is 4.82. The van der Waals surface area contributed by atoms with Crippen LogP contribution in [-0.4, -0.2) is 12.5 Å². The summed E-state index contributed by atoms with van der Waals surface area (Å²) < 4.78 is 0. The molecule has 1 amide bonds. The SMILES string of the molecule is Cc1c(N)cccc1C(=O)NCC(C)C. The first-order chi connectivity index (χ1) is 7.02. The van der Waals surface area contributed by atoms with Crippen LogP contribution in [-0.2, 0) is 0 Å². The molecule has 0 aliphatic carbocycles. The zero-order chi connectivity index (χ0) is 11.4. The molecule has 0 heterocycles. The second-order valence-corrected chi connectivity index (χ2v) is 4.12. The van der Waals surface area contributed by atoms with Gasteiger partial charge in [-0.1, -0.05) is 19.9 Å². The highest BCUT2D eigenvalue weighted by Gasteiger charge is 2.09. The van der Waals surface area contributed by atoms with Crippen LogP contribution in [0.25, 0.3) is 0 Å². The average molecular weight is 206 g/mol. The molecule has 0 aromatic heterocycles. The van der Waals surface area contributed by atoms with Gasteiger partial charge in [0.05, 0.1) is 0 Å². The minimum atomic E-state index is -0.0477. The van der Waals surface area contributed by atoms with E-state index in [2.05, 4.69) is 19.2 Å². The molecule has 3 nitrogen and oxygen atoms in total. The first-order valence-corrected chi connectivity index (χ1v) is 5.15. The van der Waals surface area contributed by atoms with Gasteiger partial charge >= 0.3 is 0 Å². The summed E-state index contributed by atoms with van der Waals surface area (Å²) in [5.74, 6) is 0.406. The van der Waals surface area contributed by atoms with Crippen molar-refractivity contribution < 1.29 is 4.79 Å². The van der Waals surface area contributed by atoms with E-state index < -0.39 is 0 Å². The van der Waals surface area contributed by atoms with Crippen LogP contribution in [0.3, 0.4) is 0 Å². The monoisotopic (exact) mass is 206 g/mol. The lowest BCUT2D eigenvalue weighted by Crippen LogP contribution is -2.28. The van der Waals surface area contributed by atoms with E-state index >= 15 is 0 Å². The van der Waals surface area contributed by atoms with Crippen LogP contribution in [0.15, 0.2) is 18.2 Å². The van der Waals surface area contributed by atoms with Gasteiger partial charge in [0.25, 0.3) is 5.91 Å². The lowest BCUT2D eigenvalue weighted by Gasteiger charge is -2.10. The van der Waals surface area contributed by atoms with Crippen molar-refractivity contribution in [1.29, 1.82) is 0 Å². The van der Waals surface area contributed by atoms with Crippen LogP contribution in [0.1, 0.15) is 29.8 Å². The Kier molecular flexibility index (Phi) is 3.72. The maximum absolute atomic E-state index is 11.8. The molecule has 0 spiro atoms. The van der Waals surface area contributed by atoms with Crippen molar-refractivity contribution in [2.24, 2.45) is 5.92 Å². The molecule has 0 unspecified atom stereocenters. The maximum Gasteiger partial charge on any atom is 0.251 e. The van der Waals surface area contributed by atoms with E-state index in [-0.39, 0.29) is 5.91 Å². The molecule has 15 heavy (non-hydrogen) atoms. The van der Waals surface area contributed by atoms with Gasteiger partial charge in [-0.05, 0) is 30.5 Å². The van der Waals surface area contributed by atoms with E-state index in [1.54, 1.807) is 18.2 Å². The number of amides is 1. The number of carbonyl (C=O) groups is 1. The molecular weight excluding hydrogens is 188 g/mol. The van der Waals surface area contributed by atoms with Gasteiger partial charge < -0.3 is 11.1 Å². The molecule has 0 aliphatic rings. The number of hydrogen-bond donors (Lipinski definition) is 2. The van der Waals surface area contributed by atoms with Crippen molar-refractivity contribution in [1.82, 2.24) is 5.32 Å². The summed E-state index contributed by atoms with van der Waals surface area (Å²) >= 11 is 0. The van der Waals surface area contributed by atoms with Gasteiger partial charge in [-0.15, -0.1) is 0 Å². The fourth-order valence-electron chi connectivity index (χ4n) is 1.29. The largest absolute Gasteiger partial charge is 0.398 e. The van der Waals surface area contributed by atoms with Crippen LogP contribution in [0.5, 0.6) is 0 Å². The summed E-state index contributed by atoms with van der Waals surface area (Å²) in [4.78, 5) is 11.8. The van der Waals surface area contributed by atoms with Crippen molar-refractivity contribution in [3.63, 3.8) is 0 Å². The Hall–Kier alpha value is -1.51. The van der Waals surface area contributed by atoms with E-state index in [4.69, 9.17) is 5.73 Å². The smallest absolute Gasteiger partial charge is 0.251 e. The number of nitrogen functional groups attached to an aromatic ring is 1. The van der Waals surface area contributed by atoms with Gasteiger partial charge in [0.2, 0.25) is 0 Å². The number of nitrogens with two attached hydrogens (primary N) is 1. The molecule has 0 bridgehead atoms. The Labute approximate surface area is 90.7 Å². The fourth-order valence-corrected chi connectivity index (χ4v) is 1.29. The molecule has 1 aromatic carbocycles. The predicted octanol–water partition coefficient (Wildman–Crippen LogP) is 1.96. The van der Waals surface area contributed by atoms with Gasteiger partial charge in [0, 0.05) is 17.8 Å². The third kappa shape index (κ3) is 2.98. The minimum absolute atomic E-state index is 0.0477. The number of rotatable bonds is 3. The zero-order valence-corrected chi connectivity index (χ0v) is 9.50. The summed E-state index contributed by atoms with van der Waals surface area (Å²) in [6.45, 7) is 6.67. The summed E-state index contributed by atoms with van der Waals surface area (Å²) in [5, 5.41) is 2.87. The van der Waals surface area contributed by atoms with Gasteiger partial charge in [0.15, 0.2) is 0 Å². The Morgan fingerprint density at radius 1 is 1.47 bits per heavy atom. The van der Waals surface area contributed by atoms with Crippen molar-refractivity contribution in [2.75, 3.05) is 12.3 Å². The predicted molar refractivity (Wildman–Crippen MR) is 62.8 cm³/mol. The normalized spacial score (nSPS) is 10.4. The molecular formula is C12H18N2O. The molecule has 1 aromatic rings. The van der Waals surface area contributed by atoms with Crippen LogP contribution in [0.2, 0.25) is 0 Å². The van der Waals surface area contributed by atoms with Gasteiger partial charge in [-0.25, -0.2) is 0 Å². The van der Waals surface area contributed by atoms with E-state index in [9.17, 15) is 4.79 Å². The topological polar surface area (TPSA) is 55.1 Å². The zero-order valence-electron chi connectivity index (χ0n) is 9.50. The van der Waals surface area contributed by atoms with Crippen molar-refractivity contribution in [2.45, 2.75) is 20.8 Å². The number of nitrogens with one attached hydrogen (secondary N) is 1. The molecule has 0 fully saturated rings. The number of carbonyl (C=O) groups excluding carboxylic acids is 1. The molecule has 1 rings (SSSR count). The molecule has 82 valence electrons. The number of hydrogen-bond acceptors (Lipinski definition) is 2. The Morgan fingerprint density at radius 3 is 2.73 bits per heavy atom. The van der Waals surface area contributed by atoms with E-state index in [1.165, 1.54) is 0 Å². The van der Waals surface area contributed by atoms with Crippen molar-refractivity contribution in [3.8, 4) is 0 Å². The van der Waals surface area contributed by atoms with E-state index in [0.29, 0.717) is 23.7 Å². The second-order valence-electron chi connectivity index (χ2n) is 4.12. The highest BCUT2D eigenvalue weighted by atomic mass is 16.1. The van der Waals surface area contributed by atoms with Crippen LogP contribution < -0.4 is 11.1 Å². The molecule has 0 radical (unpaired) electrons. The van der Waals surface area contributed by atoms with Gasteiger partial charge in [0.1, 0.15) is 0 Å². The number of benzene rings is 1. The Bertz CT molecular complexity index is 359. The lowest BCUT2D eigenvalue weighted by atomic mass is 10.1. The maximum atomic E-state index is 11.8. The standard InChI is InChI=1S/C12H18N2O/c1-8(2)7-14-12(15)10-5-4-6-11(13)9(10)3/h4-6,8H,7,13H2,1-3H3,(H,14,15). The highest BCUT2D eigenvalue weighted by molar-refractivity contribution is 5.96. The molecule has 0 aliphatic heterocycles. The number of anilines is 1. The summed E-state index contributed by atoms with van der Waals surface area (Å²) in [6, 6.07) is 5.39. The summed E-state index contributed by atoms with van der Waals surface area (Å²) in [5.41, 5.74) is 7.90. The third-order valence-electron chi connectivity index (χ3n) is 2.29. The Balaban J connectivity index is 2.78. The molecule has 3 N–H and O–H groups in total. The molecule has 0 saturated heterocycles. The molecule has 0 saturated carbocycles. The average Bonchev–Trinajstić information content (AvgIpc) is 2.18. The fraction of sp³-hybridized carbons (Fsp3) is 0.417. The Morgan fingerprint density at radius 2 is 2.13 bits per heavy atom. The van der Waals surface area contributed by atoms with Crippen molar-refractivity contribution >= 4 is 11.6 Å². The van der Waals surface area contributed by atoms with Gasteiger partial charge in [-0.2, -0.15) is 0 Å². The van der Waals surface area contributed by atoms with Crippen molar-refractivity contribution in [3.05, 3.63) is 29.3 Å². The first kappa shape index (κ1) is 11.6. The third-order valence-corrected chi connectivity index (χ3v) is 2.29. The van der Waals surface area contributed by atoms with Crippen LogP contribution >= 0.6 is 0 Å². The van der Waals surface area contributed by atoms with E-state index in [0.717, 1.165) is 5.56 Å². The summed E-state index contributed by atoms with van der Waals surface area (Å²) in [7, 11) is 0. The molecule has 3 heteroatoms. The minimum Gasteiger partial charge on any atom is -0.398 e.